The molecule has 7 nitrogen and oxygen atoms in total. The first-order valence-electron chi connectivity index (χ1n) is 7.40. The second-order valence-corrected chi connectivity index (χ2v) is 4.83. The normalized spacial score (nSPS) is 11.6. The average Bonchev–Trinajstić information content (AvgIpc) is 2.47. The molecule has 124 valence electrons. The molecule has 0 heterocycles. The number of nitrogens with one attached hydrogen (secondary N) is 3. The van der Waals surface area contributed by atoms with Crippen molar-refractivity contribution in [3.8, 4) is 0 Å². The molecule has 0 atom stereocenters. The molecule has 0 aromatic carbocycles. The Morgan fingerprint density at radius 3 is 2.33 bits per heavy atom. The lowest BCUT2D eigenvalue weighted by Gasteiger charge is -2.13. The largest absolute Gasteiger partial charge is 0.382 e. The molecule has 1 amide bonds. The van der Waals surface area contributed by atoms with Gasteiger partial charge in [-0.15, -0.1) is 0 Å². The van der Waals surface area contributed by atoms with Crippen LogP contribution < -0.4 is 16.0 Å². The molecule has 0 spiro atoms. The molecule has 0 aliphatic carbocycles. The van der Waals surface area contributed by atoms with Gasteiger partial charge in [-0.25, -0.2) is 0 Å². The highest BCUT2D eigenvalue weighted by Crippen LogP contribution is 1.88. The van der Waals surface area contributed by atoms with E-state index in [9.17, 15) is 4.79 Å². The Labute approximate surface area is 127 Å². The molecule has 0 aliphatic heterocycles. The summed E-state index contributed by atoms with van der Waals surface area (Å²) >= 11 is 0. The zero-order valence-electron chi connectivity index (χ0n) is 13.7. The molecular formula is C14H30N4O3. The van der Waals surface area contributed by atoms with Crippen molar-refractivity contribution in [2.24, 2.45) is 10.9 Å². The summed E-state index contributed by atoms with van der Waals surface area (Å²) in [6, 6.07) is 0. The molecule has 0 radical (unpaired) electrons. The Bertz CT molecular complexity index is 296. The third-order valence-electron chi connectivity index (χ3n) is 2.65. The van der Waals surface area contributed by atoms with Gasteiger partial charge in [0.15, 0.2) is 5.96 Å². The molecule has 7 heteroatoms. The first-order valence-corrected chi connectivity index (χ1v) is 7.40. The highest BCUT2D eigenvalue weighted by molar-refractivity contribution is 5.80. The van der Waals surface area contributed by atoms with Crippen molar-refractivity contribution in [2.45, 2.75) is 20.3 Å². The lowest BCUT2D eigenvalue weighted by molar-refractivity contribution is -0.123. The van der Waals surface area contributed by atoms with Crippen LogP contribution in [0.2, 0.25) is 0 Å². The first-order chi connectivity index (χ1) is 10.1. The van der Waals surface area contributed by atoms with E-state index in [-0.39, 0.29) is 11.8 Å². The van der Waals surface area contributed by atoms with Crippen LogP contribution in [0.4, 0.5) is 0 Å². The fourth-order valence-electron chi connectivity index (χ4n) is 1.42. The molecule has 0 saturated heterocycles. The Morgan fingerprint density at radius 2 is 1.71 bits per heavy atom. The van der Waals surface area contributed by atoms with Crippen molar-refractivity contribution in [3.63, 3.8) is 0 Å². The number of ether oxygens (including phenoxy) is 2. The molecule has 3 N–H and O–H groups in total. The second-order valence-electron chi connectivity index (χ2n) is 4.83. The number of carbonyl (C=O) groups is 1. The van der Waals surface area contributed by atoms with E-state index in [1.807, 2.05) is 13.8 Å². The summed E-state index contributed by atoms with van der Waals surface area (Å²) in [5.41, 5.74) is 0. The molecule has 0 saturated carbocycles. The summed E-state index contributed by atoms with van der Waals surface area (Å²) in [5.74, 6) is 0.805. The highest BCUT2D eigenvalue weighted by Gasteiger charge is 2.04. The van der Waals surface area contributed by atoms with Crippen molar-refractivity contribution in [1.82, 2.24) is 16.0 Å². The van der Waals surface area contributed by atoms with Gasteiger partial charge in [0.25, 0.3) is 0 Å². The molecular weight excluding hydrogens is 272 g/mol. The van der Waals surface area contributed by atoms with E-state index in [4.69, 9.17) is 9.47 Å². The molecule has 0 unspecified atom stereocenters. The van der Waals surface area contributed by atoms with Gasteiger partial charge in [0.1, 0.15) is 0 Å². The number of guanidine groups is 1. The van der Waals surface area contributed by atoms with Crippen LogP contribution in [0.3, 0.4) is 0 Å². The highest BCUT2D eigenvalue weighted by atomic mass is 16.5. The Balaban J connectivity index is 3.53. The van der Waals surface area contributed by atoms with Crippen LogP contribution in [0.1, 0.15) is 20.3 Å². The maximum absolute atomic E-state index is 11.4. The SMILES string of the molecule is CN=C(NCCCOCCOC)NCCNC(=O)C(C)C. The lowest BCUT2D eigenvalue weighted by atomic mass is 10.2. The average molecular weight is 302 g/mol. The number of nitrogens with zero attached hydrogens (tertiary/aromatic N) is 1. The Kier molecular flexibility index (Phi) is 12.8. The van der Waals surface area contributed by atoms with Gasteiger partial charge >= 0.3 is 0 Å². The molecule has 0 aromatic rings. The summed E-state index contributed by atoms with van der Waals surface area (Å²) in [7, 11) is 3.38. The van der Waals surface area contributed by atoms with Crippen molar-refractivity contribution in [2.75, 3.05) is 53.6 Å². The minimum absolute atomic E-state index is 0.0144. The number of rotatable bonds is 11. The van der Waals surface area contributed by atoms with Gasteiger partial charge in [-0.1, -0.05) is 13.8 Å². The summed E-state index contributed by atoms with van der Waals surface area (Å²) in [6.45, 7) is 7.69. The minimum Gasteiger partial charge on any atom is -0.382 e. The lowest BCUT2D eigenvalue weighted by Crippen LogP contribution is -2.42. The summed E-state index contributed by atoms with van der Waals surface area (Å²) < 4.78 is 10.3. The molecule has 0 aliphatic rings. The van der Waals surface area contributed by atoms with E-state index in [1.165, 1.54) is 0 Å². The zero-order valence-corrected chi connectivity index (χ0v) is 13.7. The molecule has 0 fully saturated rings. The summed E-state index contributed by atoms with van der Waals surface area (Å²) in [4.78, 5) is 15.5. The Hall–Kier alpha value is -1.34. The zero-order chi connectivity index (χ0) is 15.9. The number of hydrogen-bond donors (Lipinski definition) is 3. The second kappa shape index (κ2) is 13.6. The van der Waals surface area contributed by atoms with Crippen LogP contribution >= 0.6 is 0 Å². The van der Waals surface area contributed by atoms with Crippen LogP contribution in [-0.2, 0) is 14.3 Å². The summed E-state index contributed by atoms with van der Waals surface area (Å²) in [5, 5.41) is 9.17. The van der Waals surface area contributed by atoms with E-state index >= 15 is 0 Å². The third-order valence-corrected chi connectivity index (χ3v) is 2.65. The number of methoxy groups -OCH3 is 1. The van der Waals surface area contributed by atoms with E-state index < -0.39 is 0 Å². The maximum Gasteiger partial charge on any atom is 0.222 e. The third kappa shape index (κ3) is 12.1. The van der Waals surface area contributed by atoms with E-state index in [1.54, 1.807) is 14.2 Å². The fourth-order valence-corrected chi connectivity index (χ4v) is 1.42. The molecule has 0 rings (SSSR count). The number of hydrogen-bond acceptors (Lipinski definition) is 4. The number of aliphatic imine (C=N–C) groups is 1. The van der Waals surface area contributed by atoms with Gasteiger partial charge in [0, 0.05) is 46.3 Å². The van der Waals surface area contributed by atoms with Crippen LogP contribution in [0.15, 0.2) is 4.99 Å². The van der Waals surface area contributed by atoms with Crippen LogP contribution in [-0.4, -0.2) is 65.5 Å². The van der Waals surface area contributed by atoms with Crippen LogP contribution in [0.5, 0.6) is 0 Å². The van der Waals surface area contributed by atoms with Gasteiger partial charge in [-0.05, 0) is 6.42 Å². The van der Waals surface area contributed by atoms with Crippen molar-refractivity contribution in [1.29, 1.82) is 0 Å². The maximum atomic E-state index is 11.4. The van der Waals surface area contributed by atoms with E-state index in [2.05, 4.69) is 20.9 Å². The van der Waals surface area contributed by atoms with Gasteiger partial charge < -0.3 is 25.4 Å². The van der Waals surface area contributed by atoms with Crippen LogP contribution in [0.25, 0.3) is 0 Å². The van der Waals surface area contributed by atoms with Gasteiger partial charge in [-0.3, -0.25) is 9.79 Å². The molecule has 0 bridgehead atoms. The fraction of sp³-hybridized carbons (Fsp3) is 0.857. The summed E-state index contributed by atoms with van der Waals surface area (Å²) in [6.07, 6.45) is 0.897. The van der Waals surface area contributed by atoms with E-state index in [0.29, 0.717) is 32.9 Å². The molecule has 0 aromatic heterocycles. The van der Waals surface area contributed by atoms with Crippen LogP contribution in [0, 0.1) is 5.92 Å². The van der Waals surface area contributed by atoms with Crippen molar-refractivity contribution in [3.05, 3.63) is 0 Å². The quantitative estimate of drug-likeness (QED) is 0.284. The number of amides is 1. The van der Waals surface area contributed by atoms with E-state index in [0.717, 1.165) is 18.9 Å². The number of carbonyl (C=O) groups excluding carboxylic acids is 1. The topological polar surface area (TPSA) is 84.0 Å². The van der Waals surface area contributed by atoms with Crippen molar-refractivity contribution < 1.29 is 14.3 Å². The predicted octanol–water partition coefficient (Wildman–Crippen LogP) is -0.0233. The predicted molar refractivity (Wildman–Crippen MR) is 84.5 cm³/mol. The monoisotopic (exact) mass is 302 g/mol. The molecule has 21 heavy (non-hydrogen) atoms. The van der Waals surface area contributed by atoms with Gasteiger partial charge in [-0.2, -0.15) is 0 Å². The smallest absolute Gasteiger partial charge is 0.222 e. The van der Waals surface area contributed by atoms with Gasteiger partial charge in [0.2, 0.25) is 5.91 Å². The Morgan fingerprint density at radius 1 is 1.05 bits per heavy atom. The minimum atomic E-state index is 0.0144. The van der Waals surface area contributed by atoms with Gasteiger partial charge in [0.05, 0.1) is 13.2 Å². The standard InChI is InChI=1S/C14H30N4O3/c1-12(2)13(19)16-7-8-18-14(15-3)17-6-5-9-21-11-10-20-4/h12H,5-11H2,1-4H3,(H,16,19)(H2,15,17,18). The first kappa shape index (κ1) is 19.7. The van der Waals surface area contributed by atoms with Crippen molar-refractivity contribution >= 4 is 11.9 Å².